The second kappa shape index (κ2) is 5.25. The maximum absolute atomic E-state index is 9.36. The van der Waals surface area contributed by atoms with Crippen molar-refractivity contribution >= 4 is 11.3 Å². The Labute approximate surface area is 98.4 Å². The van der Waals surface area contributed by atoms with E-state index in [9.17, 15) is 5.11 Å². The molecule has 1 unspecified atom stereocenters. The fraction of sp³-hybridized carbons (Fsp3) is 0.364. The molecule has 0 spiro atoms. The normalized spacial score (nSPS) is 12.9. The third-order valence-corrected chi connectivity index (χ3v) is 3.60. The molecule has 0 bridgehead atoms. The van der Waals surface area contributed by atoms with Crippen molar-refractivity contribution in [2.24, 2.45) is 0 Å². The molecular formula is C11H15N3OS. The molecule has 0 fully saturated rings. The molecule has 2 rings (SSSR count). The van der Waals surface area contributed by atoms with E-state index in [1.165, 1.54) is 10.4 Å². The quantitative estimate of drug-likeness (QED) is 0.740. The first-order valence-electron chi connectivity index (χ1n) is 5.17. The number of thiophene rings is 1. The Morgan fingerprint density at radius 3 is 3.06 bits per heavy atom. The number of aliphatic hydroxyl groups excluding tert-OH is 1. The predicted molar refractivity (Wildman–Crippen MR) is 64.3 cm³/mol. The van der Waals surface area contributed by atoms with Crippen LogP contribution >= 0.6 is 11.3 Å². The SMILES string of the molecule is Cc1ccsc1C(CO)NCc1ncc[nH]1. The van der Waals surface area contributed by atoms with Gasteiger partial charge in [0.2, 0.25) is 0 Å². The molecule has 5 heteroatoms. The van der Waals surface area contributed by atoms with Gasteiger partial charge in [-0.1, -0.05) is 0 Å². The Balaban J connectivity index is 1.99. The minimum absolute atomic E-state index is 0.00917. The first-order chi connectivity index (χ1) is 7.81. The molecule has 0 radical (unpaired) electrons. The lowest BCUT2D eigenvalue weighted by molar-refractivity contribution is 0.244. The van der Waals surface area contributed by atoms with Crippen LogP contribution in [0.1, 0.15) is 22.3 Å². The van der Waals surface area contributed by atoms with E-state index in [4.69, 9.17) is 0 Å². The fourth-order valence-electron chi connectivity index (χ4n) is 1.60. The highest BCUT2D eigenvalue weighted by Gasteiger charge is 2.13. The molecule has 2 aromatic rings. The predicted octanol–water partition coefficient (Wildman–Crippen LogP) is 1.60. The van der Waals surface area contributed by atoms with Crippen molar-refractivity contribution in [3.8, 4) is 0 Å². The number of nitrogens with one attached hydrogen (secondary N) is 2. The van der Waals surface area contributed by atoms with E-state index >= 15 is 0 Å². The monoisotopic (exact) mass is 237 g/mol. The molecule has 0 aliphatic carbocycles. The number of aromatic amines is 1. The zero-order valence-corrected chi connectivity index (χ0v) is 9.92. The largest absolute Gasteiger partial charge is 0.394 e. The van der Waals surface area contributed by atoms with Crippen LogP contribution in [0, 0.1) is 6.92 Å². The molecule has 2 heterocycles. The summed E-state index contributed by atoms with van der Waals surface area (Å²) in [5, 5.41) is 14.7. The summed E-state index contributed by atoms with van der Waals surface area (Å²) in [5.41, 5.74) is 1.22. The van der Waals surface area contributed by atoms with Crippen molar-refractivity contribution in [2.45, 2.75) is 19.5 Å². The van der Waals surface area contributed by atoms with Crippen LogP contribution in [-0.2, 0) is 6.54 Å². The van der Waals surface area contributed by atoms with Gasteiger partial charge in [-0.05, 0) is 23.9 Å². The van der Waals surface area contributed by atoms with Gasteiger partial charge in [0, 0.05) is 17.3 Å². The van der Waals surface area contributed by atoms with Gasteiger partial charge < -0.3 is 15.4 Å². The average Bonchev–Trinajstić information content (AvgIpc) is 2.92. The molecule has 86 valence electrons. The smallest absolute Gasteiger partial charge is 0.120 e. The van der Waals surface area contributed by atoms with Gasteiger partial charge >= 0.3 is 0 Å². The molecule has 16 heavy (non-hydrogen) atoms. The topological polar surface area (TPSA) is 60.9 Å². The van der Waals surface area contributed by atoms with Gasteiger partial charge in [0.15, 0.2) is 0 Å². The highest BCUT2D eigenvalue weighted by molar-refractivity contribution is 7.10. The van der Waals surface area contributed by atoms with E-state index in [0.29, 0.717) is 6.54 Å². The number of hydrogen-bond donors (Lipinski definition) is 3. The molecule has 2 aromatic heterocycles. The summed E-state index contributed by atoms with van der Waals surface area (Å²) in [6, 6.07) is 2.06. The molecule has 1 atom stereocenters. The Hall–Kier alpha value is -1.17. The summed E-state index contributed by atoms with van der Waals surface area (Å²) in [4.78, 5) is 8.34. The molecule has 0 aliphatic heterocycles. The minimum Gasteiger partial charge on any atom is -0.394 e. The lowest BCUT2D eigenvalue weighted by atomic mass is 10.2. The van der Waals surface area contributed by atoms with Crippen LogP contribution in [0.15, 0.2) is 23.8 Å². The zero-order valence-electron chi connectivity index (χ0n) is 9.10. The van der Waals surface area contributed by atoms with Crippen molar-refractivity contribution in [3.05, 3.63) is 40.1 Å². The second-order valence-corrected chi connectivity index (χ2v) is 4.57. The standard InChI is InChI=1S/C11H15N3OS/c1-8-2-5-16-11(8)9(7-15)14-6-10-12-3-4-13-10/h2-5,9,14-15H,6-7H2,1H3,(H,12,13). The van der Waals surface area contributed by atoms with E-state index in [1.807, 2.05) is 5.38 Å². The van der Waals surface area contributed by atoms with Crippen LogP contribution in [0.2, 0.25) is 0 Å². The number of imidazole rings is 1. The number of H-pyrrole nitrogens is 1. The molecule has 3 N–H and O–H groups in total. The molecule has 0 aliphatic rings. The van der Waals surface area contributed by atoms with Crippen LogP contribution in [0.25, 0.3) is 0 Å². The summed E-state index contributed by atoms with van der Waals surface area (Å²) < 4.78 is 0. The first kappa shape index (κ1) is 11.3. The number of rotatable bonds is 5. The second-order valence-electron chi connectivity index (χ2n) is 3.62. The van der Waals surface area contributed by atoms with Gasteiger partial charge in [-0.15, -0.1) is 11.3 Å². The first-order valence-corrected chi connectivity index (χ1v) is 6.05. The summed E-state index contributed by atoms with van der Waals surface area (Å²) in [7, 11) is 0. The fourth-order valence-corrected chi connectivity index (χ4v) is 2.59. The lowest BCUT2D eigenvalue weighted by Gasteiger charge is -2.15. The van der Waals surface area contributed by atoms with E-state index in [1.54, 1.807) is 23.7 Å². The Morgan fingerprint density at radius 2 is 2.50 bits per heavy atom. The van der Waals surface area contributed by atoms with Crippen molar-refractivity contribution in [2.75, 3.05) is 6.61 Å². The molecule has 0 saturated carbocycles. The Morgan fingerprint density at radius 1 is 1.62 bits per heavy atom. The number of nitrogens with zero attached hydrogens (tertiary/aromatic N) is 1. The van der Waals surface area contributed by atoms with Gasteiger partial charge in [0.1, 0.15) is 5.82 Å². The van der Waals surface area contributed by atoms with E-state index in [0.717, 1.165) is 5.82 Å². The highest BCUT2D eigenvalue weighted by Crippen LogP contribution is 2.23. The van der Waals surface area contributed by atoms with Crippen LogP contribution < -0.4 is 5.32 Å². The summed E-state index contributed by atoms with van der Waals surface area (Å²) in [6.45, 7) is 2.79. The van der Waals surface area contributed by atoms with Gasteiger partial charge in [0.05, 0.1) is 19.2 Å². The molecule has 0 aromatic carbocycles. The molecule has 0 amide bonds. The van der Waals surface area contributed by atoms with E-state index < -0.39 is 0 Å². The number of aromatic nitrogens is 2. The molecular weight excluding hydrogens is 222 g/mol. The van der Waals surface area contributed by atoms with E-state index in [-0.39, 0.29) is 12.6 Å². The van der Waals surface area contributed by atoms with Gasteiger partial charge in [0.25, 0.3) is 0 Å². The third-order valence-electron chi connectivity index (χ3n) is 2.47. The van der Waals surface area contributed by atoms with Crippen molar-refractivity contribution in [1.82, 2.24) is 15.3 Å². The minimum atomic E-state index is -0.00917. The van der Waals surface area contributed by atoms with Crippen LogP contribution in [-0.4, -0.2) is 21.7 Å². The average molecular weight is 237 g/mol. The van der Waals surface area contributed by atoms with Gasteiger partial charge in [-0.3, -0.25) is 0 Å². The van der Waals surface area contributed by atoms with Crippen molar-refractivity contribution in [1.29, 1.82) is 0 Å². The number of aliphatic hydroxyl groups is 1. The van der Waals surface area contributed by atoms with Crippen LogP contribution in [0.5, 0.6) is 0 Å². The van der Waals surface area contributed by atoms with Crippen LogP contribution in [0.3, 0.4) is 0 Å². The number of aryl methyl sites for hydroxylation is 1. The summed E-state index contributed by atoms with van der Waals surface area (Å²) in [6.07, 6.45) is 3.52. The summed E-state index contributed by atoms with van der Waals surface area (Å²) >= 11 is 1.67. The van der Waals surface area contributed by atoms with Gasteiger partial charge in [-0.2, -0.15) is 0 Å². The molecule has 4 nitrogen and oxygen atoms in total. The van der Waals surface area contributed by atoms with Crippen molar-refractivity contribution in [3.63, 3.8) is 0 Å². The lowest BCUT2D eigenvalue weighted by Crippen LogP contribution is -2.24. The van der Waals surface area contributed by atoms with Gasteiger partial charge in [-0.25, -0.2) is 4.98 Å². The summed E-state index contributed by atoms with van der Waals surface area (Å²) in [5.74, 6) is 0.882. The number of hydrogen-bond acceptors (Lipinski definition) is 4. The van der Waals surface area contributed by atoms with Crippen molar-refractivity contribution < 1.29 is 5.11 Å². The van der Waals surface area contributed by atoms with E-state index in [2.05, 4.69) is 28.3 Å². The third kappa shape index (κ3) is 2.49. The Bertz CT molecular complexity index is 424. The zero-order chi connectivity index (χ0) is 11.4. The van der Waals surface area contributed by atoms with Crippen LogP contribution in [0.4, 0.5) is 0 Å². The highest BCUT2D eigenvalue weighted by atomic mass is 32.1. The molecule has 0 saturated heterocycles. The Kier molecular flexibility index (Phi) is 3.71. The maximum atomic E-state index is 9.36. The maximum Gasteiger partial charge on any atom is 0.120 e.